The van der Waals surface area contributed by atoms with Crippen molar-refractivity contribution in [1.82, 2.24) is 14.7 Å². The van der Waals surface area contributed by atoms with E-state index in [0.29, 0.717) is 17.2 Å². The third-order valence-electron chi connectivity index (χ3n) is 5.56. The number of rotatable bonds is 9. The zero-order valence-corrected chi connectivity index (χ0v) is 20.2. The molecule has 2 heterocycles. The standard InChI is InChI=1S/C27H27FN4O4/c1-17(2)25(31-26(33)18-7-9-19(28)10-8-18)27(34)30-20-11-12-22(35-3)23(14-20)36-16-21-15-32-13-5-4-6-24(32)29-21/h4-15,17,25H,16H2,1-3H3,(H,30,34)(H,31,33). The van der Waals surface area contributed by atoms with E-state index >= 15 is 0 Å². The number of imidazole rings is 1. The van der Waals surface area contributed by atoms with Crippen LogP contribution in [0.1, 0.15) is 29.9 Å². The monoisotopic (exact) mass is 490 g/mol. The number of amides is 2. The molecule has 4 rings (SSSR count). The van der Waals surface area contributed by atoms with E-state index in [0.717, 1.165) is 11.3 Å². The fraction of sp³-hybridized carbons (Fsp3) is 0.222. The first-order chi connectivity index (χ1) is 17.3. The van der Waals surface area contributed by atoms with Crippen molar-refractivity contribution in [3.05, 3.63) is 90.1 Å². The lowest BCUT2D eigenvalue weighted by Crippen LogP contribution is -2.47. The number of carbonyl (C=O) groups is 2. The van der Waals surface area contributed by atoms with Crippen LogP contribution < -0.4 is 20.1 Å². The minimum atomic E-state index is -0.813. The third-order valence-corrected chi connectivity index (χ3v) is 5.56. The van der Waals surface area contributed by atoms with Gasteiger partial charge in [-0.05, 0) is 54.4 Å². The number of carbonyl (C=O) groups excluding carboxylic acids is 2. The van der Waals surface area contributed by atoms with Gasteiger partial charge in [-0.25, -0.2) is 9.37 Å². The quantitative estimate of drug-likeness (QED) is 0.362. The van der Waals surface area contributed by atoms with Gasteiger partial charge < -0.3 is 24.5 Å². The maximum Gasteiger partial charge on any atom is 0.251 e. The maximum atomic E-state index is 13.2. The Hall–Kier alpha value is -4.40. The van der Waals surface area contributed by atoms with Crippen LogP contribution in [-0.4, -0.2) is 34.4 Å². The lowest BCUT2D eigenvalue weighted by molar-refractivity contribution is -0.118. The molecule has 0 radical (unpaired) electrons. The van der Waals surface area contributed by atoms with Crippen molar-refractivity contribution < 1.29 is 23.5 Å². The molecule has 1 unspecified atom stereocenters. The van der Waals surface area contributed by atoms with E-state index in [9.17, 15) is 14.0 Å². The van der Waals surface area contributed by atoms with Gasteiger partial charge in [0.2, 0.25) is 5.91 Å². The number of nitrogens with zero attached hydrogens (tertiary/aromatic N) is 2. The molecular weight excluding hydrogens is 463 g/mol. The van der Waals surface area contributed by atoms with Gasteiger partial charge in [0.25, 0.3) is 5.91 Å². The molecule has 0 aliphatic carbocycles. The van der Waals surface area contributed by atoms with Gasteiger partial charge in [-0.2, -0.15) is 0 Å². The maximum absolute atomic E-state index is 13.2. The topological polar surface area (TPSA) is 94.0 Å². The average Bonchev–Trinajstić information content (AvgIpc) is 3.29. The van der Waals surface area contributed by atoms with Crippen LogP contribution in [0.4, 0.5) is 10.1 Å². The highest BCUT2D eigenvalue weighted by Crippen LogP contribution is 2.31. The molecule has 2 N–H and O–H groups in total. The van der Waals surface area contributed by atoms with Gasteiger partial charge >= 0.3 is 0 Å². The summed E-state index contributed by atoms with van der Waals surface area (Å²) < 4.78 is 26.4. The van der Waals surface area contributed by atoms with Crippen molar-refractivity contribution in [1.29, 1.82) is 0 Å². The molecule has 0 bridgehead atoms. The van der Waals surface area contributed by atoms with Crippen LogP contribution in [0.3, 0.4) is 0 Å². The largest absolute Gasteiger partial charge is 0.493 e. The fourth-order valence-corrected chi connectivity index (χ4v) is 3.66. The zero-order chi connectivity index (χ0) is 25.7. The Morgan fingerprint density at radius 2 is 1.83 bits per heavy atom. The first-order valence-corrected chi connectivity index (χ1v) is 11.4. The first-order valence-electron chi connectivity index (χ1n) is 11.4. The van der Waals surface area contributed by atoms with Crippen molar-refractivity contribution in [2.45, 2.75) is 26.5 Å². The highest BCUT2D eigenvalue weighted by atomic mass is 19.1. The smallest absolute Gasteiger partial charge is 0.251 e. The summed E-state index contributed by atoms with van der Waals surface area (Å²) in [6.07, 6.45) is 3.78. The highest BCUT2D eigenvalue weighted by Gasteiger charge is 2.25. The van der Waals surface area contributed by atoms with Crippen molar-refractivity contribution >= 4 is 23.1 Å². The second kappa shape index (κ2) is 10.9. The molecule has 2 aromatic heterocycles. The molecule has 36 heavy (non-hydrogen) atoms. The van der Waals surface area contributed by atoms with Gasteiger partial charge in [0.15, 0.2) is 11.5 Å². The lowest BCUT2D eigenvalue weighted by atomic mass is 10.0. The Labute approximate surface area is 208 Å². The number of anilines is 1. The number of hydrogen-bond acceptors (Lipinski definition) is 5. The van der Waals surface area contributed by atoms with Crippen LogP contribution in [0.25, 0.3) is 5.65 Å². The van der Waals surface area contributed by atoms with Gasteiger partial charge in [-0.1, -0.05) is 19.9 Å². The number of benzene rings is 2. The highest BCUT2D eigenvalue weighted by molar-refractivity contribution is 6.01. The summed E-state index contributed by atoms with van der Waals surface area (Å²) >= 11 is 0. The molecular formula is C27H27FN4O4. The Kier molecular flexibility index (Phi) is 7.48. The number of fused-ring (bicyclic) bond motifs is 1. The molecule has 8 nitrogen and oxygen atoms in total. The minimum absolute atomic E-state index is 0.196. The lowest BCUT2D eigenvalue weighted by Gasteiger charge is -2.22. The van der Waals surface area contributed by atoms with Crippen LogP contribution in [0.5, 0.6) is 11.5 Å². The summed E-state index contributed by atoms with van der Waals surface area (Å²) in [6, 6.07) is 15.1. The van der Waals surface area contributed by atoms with Crippen LogP contribution in [-0.2, 0) is 11.4 Å². The van der Waals surface area contributed by atoms with Gasteiger partial charge in [-0.3, -0.25) is 9.59 Å². The molecule has 0 saturated heterocycles. The predicted molar refractivity (Wildman–Crippen MR) is 134 cm³/mol. The van der Waals surface area contributed by atoms with E-state index in [-0.39, 0.29) is 18.1 Å². The van der Waals surface area contributed by atoms with Crippen LogP contribution in [0.2, 0.25) is 0 Å². The van der Waals surface area contributed by atoms with Gasteiger partial charge in [0.05, 0.1) is 12.8 Å². The molecule has 0 aliphatic heterocycles. The molecule has 0 spiro atoms. The van der Waals surface area contributed by atoms with Crippen molar-refractivity contribution in [2.75, 3.05) is 12.4 Å². The van der Waals surface area contributed by atoms with Crippen LogP contribution >= 0.6 is 0 Å². The number of hydrogen-bond donors (Lipinski definition) is 2. The molecule has 2 amide bonds. The average molecular weight is 491 g/mol. The normalized spacial score (nSPS) is 11.8. The number of halogens is 1. The van der Waals surface area contributed by atoms with E-state index in [1.54, 1.807) is 18.2 Å². The summed E-state index contributed by atoms with van der Waals surface area (Å²) in [7, 11) is 1.53. The second-order valence-electron chi connectivity index (χ2n) is 8.54. The molecule has 0 saturated carbocycles. The Morgan fingerprint density at radius 3 is 2.53 bits per heavy atom. The molecule has 186 valence electrons. The molecule has 0 fully saturated rings. The van der Waals surface area contributed by atoms with E-state index < -0.39 is 23.7 Å². The van der Waals surface area contributed by atoms with Gasteiger partial charge in [-0.15, -0.1) is 0 Å². The summed E-state index contributed by atoms with van der Waals surface area (Å²) in [5, 5.41) is 5.56. The number of ether oxygens (including phenoxy) is 2. The van der Waals surface area contributed by atoms with Crippen LogP contribution in [0, 0.1) is 11.7 Å². The van der Waals surface area contributed by atoms with Gasteiger partial charge in [0.1, 0.15) is 24.1 Å². The number of methoxy groups -OCH3 is 1. The first kappa shape index (κ1) is 24.7. The van der Waals surface area contributed by atoms with E-state index in [1.165, 1.54) is 31.4 Å². The molecule has 1 atom stereocenters. The molecule has 9 heteroatoms. The van der Waals surface area contributed by atoms with E-state index in [2.05, 4.69) is 15.6 Å². The number of aromatic nitrogens is 2. The van der Waals surface area contributed by atoms with E-state index in [4.69, 9.17) is 9.47 Å². The summed E-state index contributed by atoms with van der Waals surface area (Å²) in [5.74, 6) is -0.556. The Balaban J connectivity index is 1.45. The zero-order valence-electron chi connectivity index (χ0n) is 20.2. The van der Waals surface area contributed by atoms with Crippen LogP contribution in [0.15, 0.2) is 73.1 Å². The summed E-state index contributed by atoms with van der Waals surface area (Å²) in [4.78, 5) is 30.2. The summed E-state index contributed by atoms with van der Waals surface area (Å²) in [6.45, 7) is 3.86. The molecule has 4 aromatic rings. The molecule has 2 aromatic carbocycles. The SMILES string of the molecule is COc1ccc(NC(=O)C(NC(=O)c2ccc(F)cc2)C(C)C)cc1OCc1cn2ccccc2n1. The number of nitrogens with one attached hydrogen (secondary N) is 2. The van der Waals surface area contributed by atoms with Crippen molar-refractivity contribution in [3.8, 4) is 11.5 Å². The number of pyridine rings is 1. The van der Waals surface area contributed by atoms with E-state index in [1.807, 2.05) is 48.8 Å². The third kappa shape index (κ3) is 5.80. The summed E-state index contributed by atoms with van der Waals surface area (Å²) in [5.41, 5.74) is 2.29. The molecule has 0 aliphatic rings. The van der Waals surface area contributed by atoms with Crippen molar-refractivity contribution in [2.24, 2.45) is 5.92 Å². The second-order valence-corrected chi connectivity index (χ2v) is 8.54. The fourth-order valence-electron chi connectivity index (χ4n) is 3.66. The Bertz CT molecular complexity index is 1330. The van der Waals surface area contributed by atoms with Crippen molar-refractivity contribution in [3.63, 3.8) is 0 Å². The predicted octanol–water partition coefficient (Wildman–Crippen LogP) is 4.45. The minimum Gasteiger partial charge on any atom is -0.493 e. The van der Waals surface area contributed by atoms with Gasteiger partial charge in [0, 0.05) is 29.7 Å². The Morgan fingerprint density at radius 1 is 1.06 bits per heavy atom.